The van der Waals surface area contributed by atoms with Crippen molar-refractivity contribution >= 4 is 34.0 Å². The van der Waals surface area contributed by atoms with Gasteiger partial charge in [0.05, 0.1) is 27.0 Å². The van der Waals surface area contributed by atoms with E-state index in [9.17, 15) is 4.79 Å². The molecular formula is C22H23ClN2O4S. The molecular weight excluding hydrogens is 424 g/mol. The minimum Gasteiger partial charge on any atom is -0.497 e. The molecule has 0 spiro atoms. The van der Waals surface area contributed by atoms with Crippen molar-refractivity contribution in [3.05, 3.63) is 53.4 Å². The first-order valence-electron chi connectivity index (χ1n) is 9.26. The van der Waals surface area contributed by atoms with Crippen molar-refractivity contribution in [3.63, 3.8) is 0 Å². The molecule has 0 aliphatic rings. The Labute approximate surface area is 185 Å². The van der Waals surface area contributed by atoms with Gasteiger partial charge in [-0.15, -0.1) is 22.9 Å². The lowest BCUT2D eigenvalue weighted by atomic mass is 10.1. The van der Waals surface area contributed by atoms with Crippen LogP contribution in [0.2, 0.25) is 0 Å². The molecule has 0 fully saturated rings. The first-order valence-corrected chi connectivity index (χ1v) is 10.7. The van der Waals surface area contributed by atoms with Crippen LogP contribution in [-0.4, -0.2) is 44.6 Å². The van der Waals surface area contributed by atoms with Crippen molar-refractivity contribution in [3.8, 4) is 28.5 Å². The van der Waals surface area contributed by atoms with Gasteiger partial charge in [-0.1, -0.05) is 6.07 Å². The van der Waals surface area contributed by atoms with E-state index in [1.54, 1.807) is 26.2 Å². The highest BCUT2D eigenvalue weighted by molar-refractivity contribution is 7.14. The fraction of sp³-hybridized carbons (Fsp3) is 0.273. The van der Waals surface area contributed by atoms with E-state index in [1.807, 2.05) is 47.8 Å². The number of nitrogens with zero attached hydrogens (tertiary/aromatic N) is 2. The molecule has 0 radical (unpaired) electrons. The quantitative estimate of drug-likeness (QED) is 0.448. The number of alkyl halides is 1. The van der Waals surface area contributed by atoms with Crippen LogP contribution in [0.4, 0.5) is 5.13 Å². The van der Waals surface area contributed by atoms with Crippen LogP contribution in [0.25, 0.3) is 11.3 Å². The maximum atomic E-state index is 12.5. The number of carbonyl (C=O) groups excluding carboxylic acids is 1. The van der Waals surface area contributed by atoms with Crippen LogP contribution in [0.1, 0.15) is 5.56 Å². The standard InChI is InChI=1S/C22H23ClN2O4S/c1-27-17-7-5-16(6-8-17)18-14-30-22(24-18)25(21(26)13-23)11-10-15-4-9-19(28-2)20(12-15)29-3/h4-9,12,14H,10-11,13H2,1-3H3. The van der Waals surface area contributed by atoms with E-state index in [0.29, 0.717) is 29.6 Å². The molecule has 1 heterocycles. The summed E-state index contributed by atoms with van der Waals surface area (Å²) >= 11 is 7.27. The van der Waals surface area contributed by atoms with Gasteiger partial charge in [0.15, 0.2) is 16.6 Å². The van der Waals surface area contributed by atoms with E-state index in [1.165, 1.54) is 11.3 Å². The summed E-state index contributed by atoms with van der Waals surface area (Å²) in [5, 5.41) is 2.55. The molecule has 30 heavy (non-hydrogen) atoms. The third kappa shape index (κ3) is 5.04. The first-order chi connectivity index (χ1) is 14.6. The molecule has 0 unspecified atom stereocenters. The highest BCUT2D eigenvalue weighted by atomic mass is 35.5. The maximum absolute atomic E-state index is 12.5. The van der Waals surface area contributed by atoms with Crippen molar-refractivity contribution in [2.75, 3.05) is 38.7 Å². The van der Waals surface area contributed by atoms with Gasteiger partial charge < -0.3 is 14.2 Å². The molecule has 6 nitrogen and oxygen atoms in total. The molecule has 0 aliphatic heterocycles. The number of carbonyl (C=O) groups is 1. The van der Waals surface area contributed by atoms with Gasteiger partial charge >= 0.3 is 0 Å². The third-order valence-corrected chi connectivity index (χ3v) is 5.69. The molecule has 2 aromatic carbocycles. The van der Waals surface area contributed by atoms with Crippen molar-refractivity contribution < 1.29 is 19.0 Å². The number of amides is 1. The van der Waals surface area contributed by atoms with Gasteiger partial charge in [-0.3, -0.25) is 9.69 Å². The van der Waals surface area contributed by atoms with E-state index < -0.39 is 0 Å². The van der Waals surface area contributed by atoms with Crippen molar-refractivity contribution in [1.82, 2.24) is 4.98 Å². The van der Waals surface area contributed by atoms with Crippen LogP contribution in [-0.2, 0) is 11.2 Å². The van der Waals surface area contributed by atoms with Crippen LogP contribution in [0, 0.1) is 0 Å². The summed E-state index contributed by atoms with van der Waals surface area (Å²) < 4.78 is 15.8. The second-order valence-electron chi connectivity index (χ2n) is 6.36. The SMILES string of the molecule is COc1ccc(-c2csc(N(CCc3ccc(OC)c(OC)c3)C(=O)CCl)n2)cc1. The van der Waals surface area contributed by atoms with Crippen LogP contribution in [0.15, 0.2) is 47.8 Å². The average Bonchev–Trinajstić information content (AvgIpc) is 3.28. The number of hydrogen-bond acceptors (Lipinski definition) is 6. The zero-order chi connectivity index (χ0) is 21.5. The summed E-state index contributed by atoms with van der Waals surface area (Å²) in [6.07, 6.45) is 0.625. The molecule has 0 bridgehead atoms. The predicted octanol–water partition coefficient (Wildman–Crippen LogP) is 4.65. The number of ether oxygens (including phenoxy) is 3. The number of thiazole rings is 1. The number of rotatable bonds is 9. The lowest BCUT2D eigenvalue weighted by molar-refractivity contribution is -0.116. The number of halogens is 1. The van der Waals surface area contributed by atoms with Gasteiger partial charge in [-0.25, -0.2) is 4.98 Å². The van der Waals surface area contributed by atoms with Gasteiger partial charge in [0.25, 0.3) is 0 Å². The fourth-order valence-corrected chi connectivity index (χ4v) is 3.98. The van der Waals surface area contributed by atoms with Crippen LogP contribution < -0.4 is 19.1 Å². The molecule has 158 valence electrons. The van der Waals surface area contributed by atoms with Gasteiger partial charge in [0, 0.05) is 17.5 Å². The lowest BCUT2D eigenvalue weighted by Gasteiger charge is -2.19. The molecule has 0 atom stereocenters. The highest BCUT2D eigenvalue weighted by Gasteiger charge is 2.19. The molecule has 8 heteroatoms. The van der Waals surface area contributed by atoms with E-state index in [2.05, 4.69) is 4.98 Å². The number of methoxy groups -OCH3 is 3. The molecule has 3 rings (SSSR count). The van der Waals surface area contributed by atoms with E-state index in [0.717, 1.165) is 22.6 Å². The summed E-state index contributed by atoms with van der Waals surface area (Å²) in [5.74, 6) is 1.81. The molecule has 0 aliphatic carbocycles. The van der Waals surface area contributed by atoms with E-state index in [-0.39, 0.29) is 11.8 Å². The van der Waals surface area contributed by atoms with Crippen LogP contribution in [0.5, 0.6) is 17.2 Å². The summed E-state index contributed by atoms with van der Waals surface area (Å²) in [6, 6.07) is 13.4. The van der Waals surface area contributed by atoms with Crippen molar-refractivity contribution in [2.24, 2.45) is 0 Å². The van der Waals surface area contributed by atoms with Crippen molar-refractivity contribution in [1.29, 1.82) is 0 Å². The molecule has 3 aromatic rings. The Kier molecular flexibility index (Phi) is 7.54. The van der Waals surface area contributed by atoms with Gasteiger partial charge in [0.1, 0.15) is 11.6 Å². The fourth-order valence-electron chi connectivity index (χ4n) is 2.96. The van der Waals surface area contributed by atoms with E-state index in [4.69, 9.17) is 25.8 Å². The van der Waals surface area contributed by atoms with Gasteiger partial charge in [-0.05, 0) is 48.4 Å². The number of benzene rings is 2. The monoisotopic (exact) mass is 446 g/mol. The van der Waals surface area contributed by atoms with Gasteiger partial charge in [-0.2, -0.15) is 0 Å². The third-order valence-electron chi connectivity index (χ3n) is 4.60. The minimum atomic E-state index is -0.187. The predicted molar refractivity (Wildman–Crippen MR) is 120 cm³/mol. The zero-order valence-corrected chi connectivity index (χ0v) is 18.6. The number of anilines is 1. The summed E-state index contributed by atoms with van der Waals surface area (Å²) in [6.45, 7) is 0.455. The Morgan fingerprint density at radius 3 is 2.40 bits per heavy atom. The minimum absolute atomic E-state index is 0.108. The van der Waals surface area contributed by atoms with Crippen molar-refractivity contribution in [2.45, 2.75) is 6.42 Å². The molecule has 0 N–H and O–H groups in total. The smallest absolute Gasteiger partial charge is 0.243 e. The first kappa shape index (κ1) is 21.9. The van der Waals surface area contributed by atoms with Crippen LogP contribution >= 0.6 is 22.9 Å². The summed E-state index contributed by atoms with van der Waals surface area (Å²) in [4.78, 5) is 18.8. The van der Waals surface area contributed by atoms with Gasteiger partial charge in [0.2, 0.25) is 5.91 Å². The highest BCUT2D eigenvalue weighted by Crippen LogP contribution is 2.30. The Morgan fingerprint density at radius 1 is 1.03 bits per heavy atom. The largest absolute Gasteiger partial charge is 0.497 e. The molecule has 1 aromatic heterocycles. The average molecular weight is 447 g/mol. The molecule has 0 saturated heterocycles. The molecule has 0 saturated carbocycles. The second-order valence-corrected chi connectivity index (χ2v) is 7.47. The maximum Gasteiger partial charge on any atom is 0.243 e. The Balaban J connectivity index is 1.78. The normalized spacial score (nSPS) is 10.5. The molecule has 1 amide bonds. The Hall–Kier alpha value is -2.77. The topological polar surface area (TPSA) is 60.9 Å². The lowest BCUT2D eigenvalue weighted by Crippen LogP contribution is -2.33. The zero-order valence-electron chi connectivity index (χ0n) is 17.1. The van der Waals surface area contributed by atoms with E-state index >= 15 is 0 Å². The van der Waals surface area contributed by atoms with Crippen LogP contribution in [0.3, 0.4) is 0 Å². The number of aromatic nitrogens is 1. The summed E-state index contributed by atoms with van der Waals surface area (Å²) in [5.41, 5.74) is 2.78. The Bertz CT molecular complexity index is 991. The number of hydrogen-bond donors (Lipinski definition) is 0. The Morgan fingerprint density at radius 2 is 1.77 bits per heavy atom. The second kappa shape index (κ2) is 10.3. The summed E-state index contributed by atoms with van der Waals surface area (Å²) in [7, 11) is 4.83.